The van der Waals surface area contributed by atoms with Crippen LogP contribution in [0.25, 0.3) is 0 Å². The minimum absolute atomic E-state index is 0.172. The van der Waals surface area contributed by atoms with Crippen LogP contribution >= 0.6 is 0 Å². The predicted octanol–water partition coefficient (Wildman–Crippen LogP) is 5.67. The zero-order chi connectivity index (χ0) is 22.2. The number of hydrogen-bond acceptors (Lipinski definition) is 3. The van der Waals surface area contributed by atoms with Crippen LogP contribution in [-0.2, 0) is 11.3 Å². The summed E-state index contributed by atoms with van der Waals surface area (Å²) in [7, 11) is 0. The summed E-state index contributed by atoms with van der Waals surface area (Å²) in [6.07, 6.45) is 0. The lowest BCUT2D eigenvalue weighted by atomic mass is 10.0. The van der Waals surface area contributed by atoms with Gasteiger partial charge in [-0.05, 0) is 56.7 Å². The topological polar surface area (TPSA) is 49.9 Å². The molecule has 0 aromatic heterocycles. The van der Waals surface area contributed by atoms with Crippen molar-refractivity contribution in [1.29, 1.82) is 0 Å². The molecule has 1 aliphatic rings. The zero-order valence-corrected chi connectivity index (χ0v) is 17.6. The molecule has 0 N–H and O–H groups in total. The van der Waals surface area contributed by atoms with Crippen LogP contribution in [0.1, 0.15) is 25.0 Å². The van der Waals surface area contributed by atoms with Crippen molar-refractivity contribution in [2.75, 3.05) is 4.90 Å². The molecular formula is C25H23FN2O3. The van der Waals surface area contributed by atoms with Crippen molar-refractivity contribution in [3.05, 3.63) is 89.7 Å². The molecule has 0 bridgehead atoms. The van der Waals surface area contributed by atoms with Crippen molar-refractivity contribution in [3.8, 4) is 11.5 Å². The Bertz CT molecular complexity index is 1140. The molecule has 0 radical (unpaired) electrons. The molecule has 3 aromatic rings. The number of para-hydroxylation sites is 2. The van der Waals surface area contributed by atoms with Gasteiger partial charge in [-0.2, -0.15) is 0 Å². The first kappa shape index (κ1) is 20.6. The van der Waals surface area contributed by atoms with E-state index in [9.17, 15) is 14.0 Å². The first-order valence-electron chi connectivity index (χ1n) is 10.0. The number of carbonyl (C=O) groups excluding carboxylic acids is 2. The summed E-state index contributed by atoms with van der Waals surface area (Å²) in [5.74, 6) is 0.414. The number of benzene rings is 3. The van der Waals surface area contributed by atoms with E-state index in [1.165, 1.54) is 11.0 Å². The molecule has 0 spiro atoms. The lowest BCUT2D eigenvalue weighted by molar-refractivity contribution is -0.123. The predicted molar refractivity (Wildman–Crippen MR) is 117 cm³/mol. The quantitative estimate of drug-likeness (QED) is 0.502. The average Bonchev–Trinajstić information content (AvgIpc) is 2.92. The standard InChI is InChI=1S/C25H23FN2O3/c1-17-13-14-19(15-21(17)26)28-23(29)25(2,3)27(24(28)30)16-18-9-7-8-12-22(18)31-20-10-5-4-6-11-20/h4-15H,16H2,1-3H3. The molecule has 1 heterocycles. The molecule has 3 amide bonds. The van der Waals surface area contributed by atoms with Crippen LogP contribution in [0.2, 0.25) is 0 Å². The maximum atomic E-state index is 14.1. The van der Waals surface area contributed by atoms with Crippen molar-refractivity contribution in [2.24, 2.45) is 0 Å². The van der Waals surface area contributed by atoms with Crippen molar-refractivity contribution in [2.45, 2.75) is 32.9 Å². The highest BCUT2D eigenvalue weighted by Gasteiger charge is 2.52. The molecule has 3 aromatic carbocycles. The van der Waals surface area contributed by atoms with Crippen LogP contribution in [0.3, 0.4) is 0 Å². The summed E-state index contributed by atoms with van der Waals surface area (Å²) >= 11 is 0. The van der Waals surface area contributed by atoms with Gasteiger partial charge >= 0.3 is 6.03 Å². The fourth-order valence-corrected chi connectivity index (χ4v) is 3.57. The summed E-state index contributed by atoms with van der Waals surface area (Å²) < 4.78 is 20.1. The van der Waals surface area contributed by atoms with Gasteiger partial charge in [0, 0.05) is 5.56 Å². The van der Waals surface area contributed by atoms with Crippen molar-refractivity contribution < 1.29 is 18.7 Å². The third-order valence-electron chi connectivity index (χ3n) is 5.51. The summed E-state index contributed by atoms with van der Waals surface area (Å²) in [6, 6.07) is 20.6. The lowest BCUT2D eigenvalue weighted by Gasteiger charge is -2.28. The van der Waals surface area contributed by atoms with Crippen LogP contribution in [0.4, 0.5) is 14.9 Å². The van der Waals surface area contributed by atoms with E-state index in [0.717, 1.165) is 10.5 Å². The molecule has 1 saturated heterocycles. The van der Waals surface area contributed by atoms with E-state index in [2.05, 4.69) is 0 Å². The van der Waals surface area contributed by atoms with Gasteiger partial charge in [0.15, 0.2) is 0 Å². The summed E-state index contributed by atoms with van der Waals surface area (Å²) in [6.45, 7) is 5.19. The number of rotatable bonds is 5. The Hall–Kier alpha value is -3.67. The van der Waals surface area contributed by atoms with Gasteiger partial charge in [0.2, 0.25) is 0 Å². The maximum absolute atomic E-state index is 14.1. The van der Waals surface area contributed by atoms with Gasteiger partial charge < -0.3 is 9.64 Å². The number of anilines is 1. The fraction of sp³-hybridized carbons (Fsp3) is 0.200. The van der Waals surface area contributed by atoms with Crippen molar-refractivity contribution >= 4 is 17.6 Å². The molecule has 5 nitrogen and oxygen atoms in total. The highest BCUT2D eigenvalue weighted by Crippen LogP contribution is 2.35. The van der Waals surface area contributed by atoms with Crippen LogP contribution < -0.4 is 9.64 Å². The number of aryl methyl sites for hydroxylation is 1. The van der Waals surface area contributed by atoms with Gasteiger partial charge in [0.05, 0.1) is 12.2 Å². The summed E-state index contributed by atoms with van der Waals surface area (Å²) in [5, 5.41) is 0. The number of halogens is 1. The van der Waals surface area contributed by atoms with Crippen molar-refractivity contribution in [3.63, 3.8) is 0 Å². The van der Waals surface area contributed by atoms with Gasteiger partial charge in [-0.25, -0.2) is 14.1 Å². The first-order valence-corrected chi connectivity index (χ1v) is 10.0. The van der Waals surface area contributed by atoms with Gasteiger partial charge in [-0.15, -0.1) is 0 Å². The molecule has 0 atom stereocenters. The van der Waals surface area contributed by atoms with E-state index in [4.69, 9.17) is 4.74 Å². The molecule has 1 aliphatic heterocycles. The molecular weight excluding hydrogens is 395 g/mol. The van der Waals surface area contributed by atoms with Gasteiger partial charge in [-0.1, -0.05) is 42.5 Å². The van der Waals surface area contributed by atoms with E-state index in [0.29, 0.717) is 17.1 Å². The van der Waals surface area contributed by atoms with E-state index in [1.54, 1.807) is 32.9 Å². The Morgan fingerprint density at radius 3 is 2.32 bits per heavy atom. The third-order valence-corrected chi connectivity index (χ3v) is 5.51. The Morgan fingerprint density at radius 1 is 0.935 bits per heavy atom. The smallest absolute Gasteiger partial charge is 0.332 e. The summed E-state index contributed by atoms with van der Waals surface area (Å²) in [4.78, 5) is 28.9. The molecule has 0 unspecified atom stereocenters. The second-order valence-corrected chi connectivity index (χ2v) is 8.02. The number of nitrogens with zero attached hydrogens (tertiary/aromatic N) is 2. The lowest BCUT2D eigenvalue weighted by Crippen LogP contribution is -2.43. The minimum atomic E-state index is -1.10. The third kappa shape index (κ3) is 3.77. The van der Waals surface area contributed by atoms with E-state index in [1.807, 2.05) is 54.6 Å². The maximum Gasteiger partial charge on any atom is 0.332 e. The largest absolute Gasteiger partial charge is 0.457 e. The SMILES string of the molecule is Cc1ccc(N2C(=O)N(Cc3ccccc3Oc3ccccc3)C(C)(C)C2=O)cc1F. The van der Waals surface area contributed by atoms with Crippen molar-refractivity contribution in [1.82, 2.24) is 4.90 Å². The molecule has 1 fully saturated rings. The second kappa shape index (κ2) is 7.87. The molecule has 31 heavy (non-hydrogen) atoms. The second-order valence-electron chi connectivity index (χ2n) is 8.02. The minimum Gasteiger partial charge on any atom is -0.457 e. The fourth-order valence-electron chi connectivity index (χ4n) is 3.57. The number of carbonyl (C=O) groups is 2. The molecule has 158 valence electrons. The molecule has 0 aliphatic carbocycles. The molecule has 6 heteroatoms. The Labute approximate surface area is 180 Å². The average molecular weight is 418 g/mol. The normalized spacial score (nSPS) is 15.5. The van der Waals surface area contributed by atoms with Crippen LogP contribution in [0, 0.1) is 12.7 Å². The summed E-state index contributed by atoms with van der Waals surface area (Å²) in [5.41, 5.74) is 0.337. The van der Waals surface area contributed by atoms with Crippen LogP contribution in [0.5, 0.6) is 11.5 Å². The van der Waals surface area contributed by atoms with E-state index < -0.39 is 23.3 Å². The number of ether oxygens (including phenoxy) is 1. The number of imide groups is 1. The van der Waals surface area contributed by atoms with Crippen LogP contribution in [-0.4, -0.2) is 22.4 Å². The highest BCUT2D eigenvalue weighted by molar-refractivity contribution is 6.22. The number of amides is 3. The zero-order valence-electron chi connectivity index (χ0n) is 17.6. The van der Waals surface area contributed by atoms with E-state index in [-0.39, 0.29) is 12.2 Å². The monoisotopic (exact) mass is 418 g/mol. The van der Waals surface area contributed by atoms with Gasteiger partial charge in [-0.3, -0.25) is 4.79 Å². The van der Waals surface area contributed by atoms with Gasteiger partial charge in [0.25, 0.3) is 5.91 Å². The van der Waals surface area contributed by atoms with Crippen LogP contribution in [0.15, 0.2) is 72.8 Å². The van der Waals surface area contributed by atoms with Gasteiger partial charge in [0.1, 0.15) is 22.9 Å². The number of urea groups is 1. The Morgan fingerprint density at radius 2 is 1.61 bits per heavy atom. The highest BCUT2D eigenvalue weighted by atomic mass is 19.1. The van der Waals surface area contributed by atoms with E-state index >= 15 is 0 Å². The Balaban J connectivity index is 1.65. The Kier molecular flexibility index (Phi) is 5.23. The molecule has 0 saturated carbocycles. The molecule has 4 rings (SSSR count). The first-order chi connectivity index (χ1) is 14.8. The number of hydrogen-bond donors (Lipinski definition) is 0.